The first-order chi connectivity index (χ1) is 12.1. The van der Waals surface area contributed by atoms with E-state index < -0.39 is 11.6 Å². The van der Waals surface area contributed by atoms with Crippen LogP contribution in [0.15, 0.2) is 40.9 Å². The van der Waals surface area contributed by atoms with E-state index in [1.807, 2.05) is 24.3 Å². The first kappa shape index (κ1) is 19.5. The summed E-state index contributed by atoms with van der Waals surface area (Å²) in [6.45, 7) is 1.74. The van der Waals surface area contributed by atoms with Crippen molar-refractivity contribution in [2.45, 2.75) is 18.9 Å². The van der Waals surface area contributed by atoms with Crippen molar-refractivity contribution in [3.8, 4) is 0 Å². The van der Waals surface area contributed by atoms with E-state index in [4.69, 9.17) is 34.8 Å². The number of likely N-dealkylation sites (N-methyl/N-ethyl adjacent to an activating group) is 1. The number of benzene rings is 2. The molecule has 0 spiro atoms. The summed E-state index contributed by atoms with van der Waals surface area (Å²) >= 11 is 21.5. The first-order valence-corrected chi connectivity index (χ1v) is 9.59. The van der Waals surface area contributed by atoms with Crippen molar-refractivity contribution in [1.82, 2.24) is 4.90 Å². The number of carbonyl (C=O) groups excluding carboxylic acids is 2. The fraction of sp³-hybridized carbons (Fsp3) is 0.222. The van der Waals surface area contributed by atoms with Gasteiger partial charge in [-0.25, -0.2) is 9.69 Å². The van der Waals surface area contributed by atoms with E-state index >= 15 is 0 Å². The molecule has 136 valence electrons. The molecule has 1 atom stereocenters. The summed E-state index contributed by atoms with van der Waals surface area (Å²) in [7, 11) is 1.61. The standard InChI is InChI=1S/C18H14BrCl3N2O2/c1-18(9-10-3-5-11(19)6-4-10)16(25)24(17(26)23(18)2)12-7-13(20)15(22)14(21)8-12/h3-8H,9H2,1-2H3. The van der Waals surface area contributed by atoms with Crippen LogP contribution >= 0.6 is 50.7 Å². The molecule has 26 heavy (non-hydrogen) atoms. The number of imide groups is 1. The van der Waals surface area contributed by atoms with Gasteiger partial charge in [-0.1, -0.05) is 62.9 Å². The zero-order valence-corrected chi connectivity index (χ0v) is 17.7. The maximum Gasteiger partial charge on any atom is 0.332 e. The fourth-order valence-electron chi connectivity index (χ4n) is 2.93. The molecule has 0 N–H and O–H groups in total. The van der Waals surface area contributed by atoms with Crippen LogP contribution in [-0.2, 0) is 11.2 Å². The minimum atomic E-state index is -1.02. The fourth-order valence-corrected chi connectivity index (χ4v) is 3.77. The van der Waals surface area contributed by atoms with E-state index in [9.17, 15) is 9.59 Å². The van der Waals surface area contributed by atoms with Gasteiger partial charge < -0.3 is 4.90 Å². The molecule has 1 unspecified atom stereocenters. The smallest absolute Gasteiger partial charge is 0.312 e. The summed E-state index contributed by atoms with van der Waals surface area (Å²) < 4.78 is 0.945. The maximum atomic E-state index is 13.2. The summed E-state index contributed by atoms with van der Waals surface area (Å²) in [6, 6.07) is 10.1. The van der Waals surface area contributed by atoms with Gasteiger partial charge in [-0.05, 0) is 36.8 Å². The van der Waals surface area contributed by atoms with Crippen LogP contribution < -0.4 is 4.90 Å². The predicted molar refractivity (Wildman–Crippen MR) is 108 cm³/mol. The largest absolute Gasteiger partial charge is 0.332 e. The highest BCUT2D eigenvalue weighted by Crippen LogP contribution is 2.39. The van der Waals surface area contributed by atoms with E-state index in [0.717, 1.165) is 14.9 Å². The minimum Gasteiger partial charge on any atom is -0.312 e. The third kappa shape index (κ3) is 3.22. The molecular weight excluding hydrogens is 462 g/mol. The summed E-state index contributed by atoms with van der Waals surface area (Å²) in [6.07, 6.45) is 0.382. The molecule has 3 amide bonds. The van der Waals surface area contributed by atoms with Gasteiger partial charge >= 0.3 is 6.03 Å². The van der Waals surface area contributed by atoms with Crippen LogP contribution in [0, 0.1) is 0 Å². The zero-order valence-electron chi connectivity index (χ0n) is 13.9. The van der Waals surface area contributed by atoms with Gasteiger partial charge in [-0.2, -0.15) is 0 Å². The number of hydrogen-bond acceptors (Lipinski definition) is 2. The van der Waals surface area contributed by atoms with Gasteiger partial charge in [-0.3, -0.25) is 4.79 Å². The van der Waals surface area contributed by atoms with Gasteiger partial charge in [-0.15, -0.1) is 0 Å². The number of hydrogen-bond donors (Lipinski definition) is 0. The third-order valence-corrected chi connectivity index (χ3v) is 6.30. The Morgan fingerprint density at radius 1 is 1.04 bits per heavy atom. The topological polar surface area (TPSA) is 40.6 Å². The second kappa shape index (κ2) is 7.04. The second-order valence-corrected chi connectivity index (χ2v) is 8.39. The molecule has 1 fully saturated rings. The van der Waals surface area contributed by atoms with Gasteiger partial charge in [0, 0.05) is 17.9 Å². The van der Waals surface area contributed by atoms with Crippen LogP contribution in [0.5, 0.6) is 0 Å². The number of urea groups is 1. The molecule has 1 aliphatic heterocycles. The van der Waals surface area contributed by atoms with E-state index in [-0.39, 0.29) is 21.0 Å². The van der Waals surface area contributed by atoms with Crippen LogP contribution in [0.3, 0.4) is 0 Å². The van der Waals surface area contributed by atoms with Gasteiger partial charge in [0.2, 0.25) is 0 Å². The molecule has 8 heteroatoms. The third-order valence-electron chi connectivity index (χ3n) is 4.57. The molecule has 0 aliphatic carbocycles. The van der Waals surface area contributed by atoms with E-state index in [1.165, 1.54) is 17.0 Å². The Morgan fingerprint density at radius 3 is 2.12 bits per heavy atom. The Bertz CT molecular complexity index is 881. The average molecular weight is 477 g/mol. The number of carbonyl (C=O) groups is 2. The van der Waals surface area contributed by atoms with Crippen LogP contribution in [0.2, 0.25) is 15.1 Å². The Kier molecular flexibility index (Phi) is 5.28. The van der Waals surface area contributed by atoms with Crippen LogP contribution in [0.25, 0.3) is 0 Å². The van der Waals surface area contributed by atoms with Crippen molar-refractivity contribution >= 4 is 68.4 Å². The first-order valence-electron chi connectivity index (χ1n) is 7.66. The lowest BCUT2D eigenvalue weighted by Crippen LogP contribution is -2.47. The summed E-state index contributed by atoms with van der Waals surface area (Å²) in [5, 5.41) is 0.542. The lowest BCUT2D eigenvalue weighted by Gasteiger charge is -2.28. The van der Waals surface area contributed by atoms with Crippen LogP contribution in [0.1, 0.15) is 12.5 Å². The highest BCUT2D eigenvalue weighted by atomic mass is 79.9. The SMILES string of the molecule is CN1C(=O)N(c2cc(Cl)c(Cl)c(Cl)c2)C(=O)C1(C)Cc1ccc(Br)cc1. The van der Waals surface area contributed by atoms with E-state index in [2.05, 4.69) is 15.9 Å². The molecular formula is C18H14BrCl3N2O2. The maximum absolute atomic E-state index is 13.2. The molecule has 4 nitrogen and oxygen atoms in total. The quantitative estimate of drug-likeness (QED) is 0.414. The van der Waals surface area contributed by atoms with Gasteiger partial charge in [0.25, 0.3) is 5.91 Å². The Labute approximate surface area is 174 Å². The number of amides is 3. The van der Waals surface area contributed by atoms with Gasteiger partial charge in [0.05, 0.1) is 20.8 Å². The molecule has 0 saturated carbocycles. The van der Waals surface area contributed by atoms with E-state index in [1.54, 1.807) is 14.0 Å². The number of halogens is 4. The zero-order chi connectivity index (χ0) is 19.2. The predicted octanol–water partition coefficient (Wildman–Crippen LogP) is 5.81. The lowest BCUT2D eigenvalue weighted by atomic mass is 9.91. The van der Waals surface area contributed by atoms with Crippen molar-refractivity contribution in [3.63, 3.8) is 0 Å². The molecule has 3 rings (SSSR count). The summed E-state index contributed by atoms with van der Waals surface area (Å²) in [4.78, 5) is 28.5. The highest BCUT2D eigenvalue weighted by Gasteiger charge is 2.53. The van der Waals surface area contributed by atoms with Crippen LogP contribution in [-0.4, -0.2) is 29.4 Å². The Balaban J connectivity index is 1.99. The molecule has 0 bridgehead atoms. The lowest BCUT2D eigenvalue weighted by molar-refractivity contribution is -0.123. The Morgan fingerprint density at radius 2 is 1.58 bits per heavy atom. The van der Waals surface area contributed by atoms with Gasteiger partial charge in [0.15, 0.2) is 0 Å². The summed E-state index contributed by atoms with van der Waals surface area (Å²) in [5.74, 6) is -0.345. The van der Waals surface area contributed by atoms with Crippen molar-refractivity contribution in [1.29, 1.82) is 0 Å². The monoisotopic (exact) mass is 474 g/mol. The average Bonchev–Trinajstić information content (AvgIpc) is 2.75. The minimum absolute atomic E-state index is 0.180. The normalized spacial score (nSPS) is 20.2. The highest BCUT2D eigenvalue weighted by molar-refractivity contribution is 9.10. The van der Waals surface area contributed by atoms with Crippen molar-refractivity contribution in [2.75, 3.05) is 11.9 Å². The van der Waals surface area contributed by atoms with Gasteiger partial charge in [0.1, 0.15) is 5.54 Å². The van der Waals surface area contributed by atoms with Crippen molar-refractivity contribution in [2.24, 2.45) is 0 Å². The van der Waals surface area contributed by atoms with Crippen LogP contribution in [0.4, 0.5) is 10.5 Å². The molecule has 2 aromatic rings. The molecule has 2 aromatic carbocycles. The number of anilines is 1. The van der Waals surface area contributed by atoms with Crippen molar-refractivity contribution < 1.29 is 9.59 Å². The summed E-state index contributed by atoms with van der Waals surface area (Å²) in [5.41, 5.74) is 0.215. The van der Waals surface area contributed by atoms with Crippen molar-refractivity contribution in [3.05, 3.63) is 61.5 Å². The molecule has 0 radical (unpaired) electrons. The number of nitrogens with zero attached hydrogens (tertiary/aromatic N) is 2. The molecule has 0 aromatic heterocycles. The molecule has 1 aliphatic rings. The molecule has 1 saturated heterocycles. The Hall–Kier alpha value is -1.27. The second-order valence-electron chi connectivity index (χ2n) is 6.28. The van der Waals surface area contributed by atoms with E-state index in [0.29, 0.717) is 12.1 Å². The molecule has 1 heterocycles. The number of rotatable bonds is 3.